The van der Waals surface area contributed by atoms with Crippen molar-refractivity contribution in [1.29, 1.82) is 0 Å². The van der Waals surface area contributed by atoms with Gasteiger partial charge < -0.3 is 15.2 Å². The predicted octanol–water partition coefficient (Wildman–Crippen LogP) is 5.22. The van der Waals surface area contributed by atoms with Crippen molar-refractivity contribution in [1.82, 2.24) is 4.98 Å². The van der Waals surface area contributed by atoms with Crippen molar-refractivity contribution >= 4 is 23.3 Å². The second-order valence-corrected chi connectivity index (χ2v) is 7.23. The zero-order chi connectivity index (χ0) is 20.4. The second kappa shape index (κ2) is 8.09. The smallest absolute Gasteiger partial charge is 0.337 e. The van der Waals surface area contributed by atoms with Crippen molar-refractivity contribution in [3.63, 3.8) is 0 Å². The van der Waals surface area contributed by atoms with Gasteiger partial charge in [0.15, 0.2) is 0 Å². The number of nitrogens with zero attached hydrogens (tertiary/aromatic N) is 1. The van der Waals surface area contributed by atoms with E-state index in [2.05, 4.69) is 10.3 Å². The number of nitrogens with one attached hydrogen (secondary N) is 1. The standard InChI is InChI=1S/C22H18ClFN2O3/c23-19-4-2-15(24)10-18(19)13-1-3-16-14(6-8-29-21(16)9-13)11-26-20-12-25-7-5-17(20)22(27)28/h1-5,7,9-10,12,14,26H,6,8,11H2,(H,27,28)/t14-/m0/s1. The molecule has 0 amide bonds. The number of carbonyl (C=O) groups is 1. The largest absolute Gasteiger partial charge is 0.493 e. The number of ether oxygens (including phenoxy) is 1. The maximum atomic E-state index is 13.6. The summed E-state index contributed by atoms with van der Waals surface area (Å²) in [5.41, 5.74) is 3.07. The molecule has 4 rings (SSSR count). The molecule has 0 bridgehead atoms. The van der Waals surface area contributed by atoms with Crippen LogP contribution in [0, 0.1) is 5.82 Å². The van der Waals surface area contributed by atoms with Crippen LogP contribution in [0.5, 0.6) is 5.75 Å². The number of pyridine rings is 1. The van der Waals surface area contributed by atoms with Gasteiger partial charge in [-0.25, -0.2) is 9.18 Å². The molecule has 2 N–H and O–H groups in total. The molecule has 0 aliphatic carbocycles. The van der Waals surface area contributed by atoms with Crippen LogP contribution in [-0.2, 0) is 0 Å². The Morgan fingerprint density at radius 3 is 2.97 bits per heavy atom. The topological polar surface area (TPSA) is 71.5 Å². The van der Waals surface area contributed by atoms with Crippen molar-refractivity contribution in [3.05, 3.63) is 76.8 Å². The monoisotopic (exact) mass is 412 g/mol. The highest BCUT2D eigenvalue weighted by molar-refractivity contribution is 6.33. The number of hydrogen-bond acceptors (Lipinski definition) is 4. The van der Waals surface area contributed by atoms with E-state index in [0.29, 0.717) is 29.4 Å². The molecule has 1 atom stereocenters. The number of carboxylic acid groups (broad SMARTS) is 1. The van der Waals surface area contributed by atoms with Crippen molar-refractivity contribution < 1.29 is 19.0 Å². The lowest BCUT2D eigenvalue weighted by molar-refractivity contribution is 0.0697. The fourth-order valence-electron chi connectivity index (χ4n) is 3.52. The van der Waals surface area contributed by atoms with E-state index in [1.807, 2.05) is 18.2 Å². The molecule has 0 saturated carbocycles. The van der Waals surface area contributed by atoms with E-state index >= 15 is 0 Å². The van der Waals surface area contributed by atoms with E-state index < -0.39 is 5.97 Å². The highest BCUT2D eigenvalue weighted by atomic mass is 35.5. The molecular weight excluding hydrogens is 395 g/mol. The third-order valence-corrected chi connectivity index (χ3v) is 5.34. The summed E-state index contributed by atoms with van der Waals surface area (Å²) in [7, 11) is 0. The van der Waals surface area contributed by atoms with Crippen molar-refractivity contribution in [2.24, 2.45) is 0 Å². The van der Waals surface area contributed by atoms with Gasteiger partial charge in [0.25, 0.3) is 0 Å². The van der Waals surface area contributed by atoms with Gasteiger partial charge in [-0.1, -0.05) is 23.7 Å². The summed E-state index contributed by atoms with van der Waals surface area (Å²) in [5, 5.41) is 13.0. The molecule has 0 saturated heterocycles. The van der Waals surface area contributed by atoms with E-state index in [4.69, 9.17) is 16.3 Å². The van der Waals surface area contributed by atoms with Crippen molar-refractivity contribution in [3.8, 4) is 16.9 Å². The van der Waals surface area contributed by atoms with Crippen molar-refractivity contribution in [2.45, 2.75) is 12.3 Å². The Kier molecular flexibility index (Phi) is 5.36. The molecule has 0 fully saturated rings. The fourth-order valence-corrected chi connectivity index (χ4v) is 3.74. The Hall–Kier alpha value is -3.12. The summed E-state index contributed by atoms with van der Waals surface area (Å²) in [5.74, 6) is -0.488. The minimum atomic E-state index is -1.00. The molecule has 5 nitrogen and oxygen atoms in total. The molecule has 1 aliphatic heterocycles. The Balaban J connectivity index is 1.58. The van der Waals surface area contributed by atoms with E-state index in [0.717, 1.165) is 23.3 Å². The first-order chi connectivity index (χ1) is 14.0. The first-order valence-corrected chi connectivity index (χ1v) is 9.54. The first-order valence-electron chi connectivity index (χ1n) is 9.16. The van der Waals surface area contributed by atoms with Crippen LogP contribution in [0.4, 0.5) is 10.1 Å². The van der Waals surface area contributed by atoms with Crippen LogP contribution in [-0.4, -0.2) is 29.2 Å². The Bertz CT molecular complexity index is 1070. The molecule has 1 aromatic heterocycles. The molecule has 1 aliphatic rings. The average molecular weight is 413 g/mol. The number of hydrogen-bond donors (Lipinski definition) is 2. The molecule has 2 heterocycles. The van der Waals surface area contributed by atoms with Crippen LogP contribution in [0.3, 0.4) is 0 Å². The molecule has 3 aromatic rings. The summed E-state index contributed by atoms with van der Waals surface area (Å²) in [4.78, 5) is 15.4. The quantitative estimate of drug-likeness (QED) is 0.601. The van der Waals surface area contributed by atoms with Crippen LogP contribution in [0.2, 0.25) is 5.02 Å². The lowest BCUT2D eigenvalue weighted by atomic mass is 9.91. The van der Waals surface area contributed by atoms with Gasteiger partial charge in [-0.05, 0) is 47.9 Å². The number of halogens is 2. The Morgan fingerprint density at radius 2 is 2.14 bits per heavy atom. The SMILES string of the molecule is O=C(O)c1ccncc1NC[C@@H]1CCOc2cc(-c3cc(F)ccc3Cl)ccc21. The number of carboxylic acids is 1. The number of fused-ring (bicyclic) bond motifs is 1. The summed E-state index contributed by atoms with van der Waals surface area (Å²) in [6.07, 6.45) is 3.76. The number of anilines is 1. The van der Waals surface area contributed by atoms with Gasteiger partial charge in [0.2, 0.25) is 0 Å². The number of rotatable bonds is 5. The summed E-state index contributed by atoms with van der Waals surface area (Å²) >= 11 is 6.23. The molecule has 7 heteroatoms. The summed E-state index contributed by atoms with van der Waals surface area (Å²) < 4.78 is 19.5. The summed E-state index contributed by atoms with van der Waals surface area (Å²) in [6, 6.07) is 11.5. The maximum absolute atomic E-state index is 13.6. The van der Waals surface area contributed by atoms with Crippen LogP contribution >= 0.6 is 11.6 Å². The van der Waals surface area contributed by atoms with Gasteiger partial charge in [0.05, 0.1) is 24.1 Å². The fraction of sp³-hybridized carbons (Fsp3) is 0.182. The Labute approximate surface area is 172 Å². The number of aromatic carboxylic acids is 1. The van der Waals surface area contributed by atoms with Crippen LogP contribution in [0.25, 0.3) is 11.1 Å². The normalized spacial score (nSPS) is 15.3. The van der Waals surface area contributed by atoms with E-state index in [1.165, 1.54) is 36.7 Å². The van der Waals surface area contributed by atoms with E-state index in [1.54, 1.807) is 0 Å². The van der Waals surface area contributed by atoms with Gasteiger partial charge >= 0.3 is 5.97 Å². The average Bonchev–Trinajstić information content (AvgIpc) is 2.73. The second-order valence-electron chi connectivity index (χ2n) is 6.82. The molecule has 2 aromatic carbocycles. The number of benzene rings is 2. The third-order valence-electron chi connectivity index (χ3n) is 5.01. The van der Waals surface area contributed by atoms with Crippen LogP contribution in [0.1, 0.15) is 28.3 Å². The molecular formula is C22H18ClFN2O3. The Morgan fingerprint density at radius 1 is 1.28 bits per heavy atom. The zero-order valence-corrected chi connectivity index (χ0v) is 16.1. The lowest BCUT2D eigenvalue weighted by Gasteiger charge is -2.27. The lowest BCUT2D eigenvalue weighted by Crippen LogP contribution is -2.21. The molecule has 148 valence electrons. The van der Waals surface area contributed by atoms with Crippen molar-refractivity contribution in [2.75, 3.05) is 18.5 Å². The van der Waals surface area contributed by atoms with E-state index in [9.17, 15) is 14.3 Å². The molecule has 0 spiro atoms. The van der Waals surface area contributed by atoms with Crippen LogP contribution < -0.4 is 10.1 Å². The minimum absolute atomic E-state index is 0.137. The minimum Gasteiger partial charge on any atom is -0.493 e. The molecule has 29 heavy (non-hydrogen) atoms. The predicted molar refractivity (Wildman–Crippen MR) is 109 cm³/mol. The highest BCUT2D eigenvalue weighted by Gasteiger charge is 2.23. The first kappa shape index (κ1) is 19.2. The van der Waals surface area contributed by atoms with E-state index in [-0.39, 0.29) is 17.3 Å². The molecule has 0 unspecified atom stereocenters. The van der Waals surface area contributed by atoms with Gasteiger partial charge in [-0.3, -0.25) is 4.98 Å². The van der Waals surface area contributed by atoms with Gasteiger partial charge in [-0.15, -0.1) is 0 Å². The van der Waals surface area contributed by atoms with Gasteiger partial charge in [-0.2, -0.15) is 0 Å². The summed E-state index contributed by atoms with van der Waals surface area (Å²) in [6.45, 7) is 1.08. The van der Waals surface area contributed by atoms with Gasteiger partial charge in [0.1, 0.15) is 11.6 Å². The highest BCUT2D eigenvalue weighted by Crippen LogP contribution is 2.38. The van der Waals surface area contributed by atoms with Crippen LogP contribution in [0.15, 0.2) is 54.9 Å². The zero-order valence-electron chi connectivity index (χ0n) is 15.4. The maximum Gasteiger partial charge on any atom is 0.337 e. The van der Waals surface area contributed by atoms with Gasteiger partial charge in [0, 0.05) is 29.2 Å². The number of aromatic nitrogens is 1. The third kappa shape index (κ3) is 4.03. The molecule has 0 radical (unpaired) electrons.